The van der Waals surface area contributed by atoms with Gasteiger partial charge >= 0.3 is 5.97 Å². The van der Waals surface area contributed by atoms with E-state index in [1.807, 2.05) is 31.2 Å². The fourth-order valence-electron chi connectivity index (χ4n) is 2.18. The first kappa shape index (κ1) is 16.5. The summed E-state index contributed by atoms with van der Waals surface area (Å²) in [5.41, 5.74) is 1.20. The van der Waals surface area contributed by atoms with Gasteiger partial charge in [0.2, 0.25) is 0 Å². The molecule has 0 radical (unpaired) electrons. The number of carboxylic acid groups (broad SMARTS) is 1. The van der Waals surface area contributed by atoms with Gasteiger partial charge < -0.3 is 15.2 Å². The largest absolute Gasteiger partial charge is 0.479 e. The third-order valence-electron chi connectivity index (χ3n) is 3.25. The van der Waals surface area contributed by atoms with E-state index in [1.54, 1.807) is 0 Å². The highest BCUT2D eigenvalue weighted by molar-refractivity contribution is 5.72. The Kier molecular flexibility index (Phi) is 7.09. The molecular formula is C16H25NO3. The van der Waals surface area contributed by atoms with E-state index in [-0.39, 0.29) is 0 Å². The lowest BCUT2D eigenvalue weighted by Gasteiger charge is -2.18. The van der Waals surface area contributed by atoms with Crippen LogP contribution in [0.2, 0.25) is 0 Å². The van der Waals surface area contributed by atoms with E-state index in [0.717, 1.165) is 19.4 Å². The van der Waals surface area contributed by atoms with Crippen molar-refractivity contribution in [3.05, 3.63) is 29.8 Å². The molecule has 0 aliphatic carbocycles. The van der Waals surface area contributed by atoms with Crippen LogP contribution in [0.15, 0.2) is 24.3 Å². The summed E-state index contributed by atoms with van der Waals surface area (Å²) in [7, 11) is 0. The maximum atomic E-state index is 11.1. The molecule has 2 atom stereocenters. The molecule has 2 unspecified atom stereocenters. The van der Waals surface area contributed by atoms with Gasteiger partial charge in [0, 0.05) is 6.04 Å². The Labute approximate surface area is 121 Å². The summed E-state index contributed by atoms with van der Waals surface area (Å²) < 4.78 is 5.52. The van der Waals surface area contributed by atoms with E-state index in [0.29, 0.717) is 18.2 Å². The van der Waals surface area contributed by atoms with Gasteiger partial charge in [0.05, 0.1) is 0 Å². The van der Waals surface area contributed by atoms with Crippen LogP contribution < -0.4 is 10.1 Å². The Balaban J connectivity index is 2.72. The van der Waals surface area contributed by atoms with Crippen LogP contribution in [0.1, 0.15) is 51.6 Å². The van der Waals surface area contributed by atoms with E-state index in [4.69, 9.17) is 9.84 Å². The Bertz CT molecular complexity index is 403. The molecule has 0 aliphatic heterocycles. The molecule has 0 saturated heterocycles. The Morgan fingerprint density at radius 3 is 2.35 bits per heavy atom. The zero-order chi connectivity index (χ0) is 15.0. The van der Waals surface area contributed by atoms with Gasteiger partial charge in [-0.15, -0.1) is 0 Å². The van der Waals surface area contributed by atoms with Gasteiger partial charge in [0.1, 0.15) is 5.75 Å². The molecule has 1 aromatic rings. The number of carbonyl (C=O) groups is 1. The zero-order valence-corrected chi connectivity index (χ0v) is 12.6. The van der Waals surface area contributed by atoms with Crippen LogP contribution in [0.5, 0.6) is 5.75 Å². The predicted octanol–water partition coefficient (Wildman–Crippen LogP) is 3.38. The van der Waals surface area contributed by atoms with E-state index in [9.17, 15) is 4.79 Å². The number of carboxylic acids is 1. The first-order valence-corrected chi connectivity index (χ1v) is 7.35. The van der Waals surface area contributed by atoms with E-state index in [2.05, 4.69) is 19.2 Å². The van der Waals surface area contributed by atoms with Gasteiger partial charge in [0.25, 0.3) is 0 Å². The van der Waals surface area contributed by atoms with Crippen molar-refractivity contribution >= 4 is 5.97 Å². The first-order chi connectivity index (χ1) is 9.62. The Morgan fingerprint density at radius 1 is 1.25 bits per heavy atom. The summed E-state index contributed by atoms with van der Waals surface area (Å²) in [6, 6.07) is 8.02. The maximum absolute atomic E-state index is 11.1. The van der Waals surface area contributed by atoms with Gasteiger partial charge in [-0.05, 0) is 37.1 Å². The summed E-state index contributed by atoms with van der Waals surface area (Å²) in [5, 5.41) is 12.5. The van der Waals surface area contributed by atoms with Crippen LogP contribution in [0.3, 0.4) is 0 Å². The third kappa shape index (κ3) is 4.85. The molecule has 0 amide bonds. The summed E-state index contributed by atoms with van der Waals surface area (Å²) >= 11 is 0. The molecule has 4 heteroatoms. The molecule has 0 heterocycles. The van der Waals surface area contributed by atoms with Crippen LogP contribution in [-0.4, -0.2) is 23.7 Å². The summed E-state index contributed by atoms with van der Waals surface area (Å²) in [4.78, 5) is 11.1. The van der Waals surface area contributed by atoms with Gasteiger partial charge in [-0.2, -0.15) is 0 Å². The number of nitrogens with one attached hydrogen (secondary N) is 1. The molecule has 0 fully saturated rings. The van der Waals surface area contributed by atoms with Gasteiger partial charge in [-0.1, -0.05) is 39.3 Å². The second kappa shape index (κ2) is 8.59. The van der Waals surface area contributed by atoms with Crippen molar-refractivity contribution < 1.29 is 14.6 Å². The average molecular weight is 279 g/mol. The third-order valence-corrected chi connectivity index (χ3v) is 3.25. The number of rotatable bonds is 9. The smallest absolute Gasteiger partial charge is 0.344 e. The molecule has 1 aromatic carbocycles. The van der Waals surface area contributed by atoms with Crippen molar-refractivity contribution in [3.8, 4) is 5.75 Å². The molecule has 20 heavy (non-hydrogen) atoms. The standard InChI is InChI=1S/C16H25NO3/c1-4-7-15(16(18)19)20-13-10-8-12(9-11-13)14(5-2)17-6-3/h8-11,14-15,17H,4-7H2,1-3H3,(H,18,19). The highest BCUT2D eigenvalue weighted by Gasteiger charge is 2.18. The molecule has 1 rings (SSSR count). The number of benzene rings is 1. The SMILES string of the molecule is CCCC(Oc1ccc(C(CC)NCC)cc1)C(=O)O. The van der Waals surface area contributed by atoms with Crippen molar-refractivity contribution in [2.45, 2.75) is 52.2 Å². The molecule has 0 bridgehead atoms. The van der Waals surface area contributed by atoms with Crippen molar-refractivity contribution in [2.24, 2.45) is 0 Å². The van der Waals surface area contributed by atoms with Crippen LogP contribution in [0.4, 0.5) is 0 Å². The van der Waals surface area contributed by atoms with Crippen molar-refractivity contribution in [2.75, 3.05) is 6.54 Å². The quantitative estimate of drug-likeness (QED) is 0.727. The Hall–Kier alpha value is -1.55. The molecule has 4 nitrogen and oxygen atoms in total. The summed E-state index contributed by atoms with van der Waals surface area (Å²) in [6.45, 7) is 7.10. The first-order valence-electron chi connectivity index (χ1n) is 7.35. The highest BCUT2D eigenvalue weighted by Crippen LogP contribution is 2.21. The molecule has 0 aliphatic rings. The number of aliphatic carboxylic acids is 1. The lowest BCUT2D eigenvalue weighted by molar-refractivity contribution is -0.145. The number of ether oxygens (including phenoxy) is 1. The van der Waals surface area contributed by atoms with Crippen LogP contribution in [0.25, 0.3) is 0 Å². The van der Waals surface area contributed by atoms with Crippen molar-refractivity contribution in [1.82, 2.24) is 5.32 Å². The minimum atomic E-state index is -0.907. The molecule has 112 valence electrons. The normalized spacial score (nSPS) is 13.8. The lowest BCUT2D eigenvalue weighted by Crippen LogP contribution is -2.26. The van der Waals surface area contributed by atoms with E-state index >= 15 is 0 Å². The average Bonchev–Trinajstić information content (AvgIpc) is 2.45. The lowest BCUT2D eigenvalue weighted by atomic mass is 10.0. The van der Waals surface area contributed by atoms with Crippen molar-refractivity contribution in [3.63, 3.8) is 0 Å². The fourth-order valence-corrected chi connectivity index (χ4v) is 2.18. The molecule has 0 spiro atoms. The van der Waals surface area contributed by atoms with Gasteiger partial charge in [-0.3, -0.25) is 0 Å². The minimum absolute atomic E-state index is 0.333. The molecular weight excluding hydrogens is 254 g/mol. The highest BCUT2D eigenvalue weighted by atomic mass is 16.5. The van der Waals surface area contributed by atoms with Crippen molar-refractivity contribution in [1.29, 1.82) is 0 Å². The monoisotopic (exact) mass is 279 g/mol. The van der Waals surface area contributed by atoms with Gasteiger partial charge in [0.15, 0.2) is 6.10 Å². The second-order valence-electron chi connectivity index (χ2n) is 4.82. The fraction of sp³-hybridized carbons (Fsp3) is 0.562. The second-order valence-corrected chi connectivity index (χ2v) is 4.82. The maximum Gasteiger partial charge on any atom is 0.344 e. The molecule has 0 saturated carbocycles. The summed E-state index contributed by atoms with van der Waals surface area (Å²) in [6.07, 6.45) is 1.56. The molecule has 2 N–H and O–H groups in total. The summed E-state index contributed by atoms with van der Waals surface area (Å²) in [5.74, 6) is -0.295. The van der Waals surface area contributed by atoms with Crippen LogP contribution >= 0.6 is 0 Å². The number of hydrogen-bond acceptors (Lipinski definition) is 3. The topological polar surface area (TPSA) is 58.6 Å². The zero-order valence-electron chi connectivity index (χ0n) is 12.6. The number of hydrogen-bond donors (Lipinski definition) is 2. The van der Waals surface area contributed by atoms with Crippen LogP contribution in [0, 0.1) is 0 Å². The Morgan fingerprint density at radius 2 is 1.90 bits per heavy atom. The minimum Gasteiger partial charge on any atom is -0.479 e. The predicted molar refractivity (Wildman–Crippen MR) is 80.1 cm³/mol. The van der Waals surface area contributed by atoms with E-state index in [1.165, 1.54) is 5.56 Å². The van der Waals surface area contributed by atoms with Crippen LogP contribution in [-0.2, 0) is 4.79 Å². The van der Waals surface area contributed by atoms with E-state index < -0.39 is 12.1 Å². The molecule has 0 aromatic heterocycles. The van der Waals surface area contributed by atoms with Gasteiger partial charge in [-0.25, -0.2) is 4.79 Å².